The van der Waals surface area contributed by atoms with Crippen LogP contribution >= 0.6 is 30.3 Å². The number of carbonyl (C=O) groups is 1. The van der Waals surface area contributed by atoms with Crippen LogP contribution in [0.2, 0.25) is 5.02 Å². The summed E-state index contributed by atoms with van der Waals surface area (Å²) in [5, 5.41) is 2.92. The van der Waals surface area contributed by atoms with Gasteiger partial charge in [-0.1, -0.05) is 24.2 Å². The first-order valence-electron chi connectivity index (χ1n) is 8.00. The number of nitrogen functional groups attached to an aromatic ring is 1. The van der Waals surface area contributed by atoms with Crippen molar-refractivity contribution in [2.24, 2.45) is 0 Å². The van der Waals surface area contributed by atoms with Crippen molar-refractivity contribution in [3.05, 3.63) is 71.2 Å². The molecule has 0 bridgehead atoms. The lowest BCUT2D eigenvalue weighted by Crippen LogP contribution is -2.30. The minimum absolute atomic E-state index is 0.472. The summed E-state index contributed by atoms with van der Waals surface area (Å²) in [4.78, 5) is 25.0. The zero-order valence-electron chi connectivity index (χ0n) is 14.5. The molecule has 1 aromatic heterocycles. The van der Waals surface area contributed by atoms with Crippen LogP contribution in [0.25, 0.3) is 10.1 Å². The van der Waals surface area contributed by atoms with Crippen molar-refractivity contribution in [3.63, 3.8) is 0 Å². The standard InChI is InChI=1S/C19H18ClN2O3PS/c1-3-22(14-6-4-5-13(21)10-14)19(23)18(26(2,24)25)16-11-27-17-8-7-12(20)9-15(16)17/h3-11,18H,1,21H2,2H3,(H,24,25). The fourth-order valence-electron chi connectivity index (χ4n) is 2.96. The van der Waals surface area contributed by atoms with Crippen LogP contribution < -0.4 is 10.6 Å². The van der Waals surface area contributed by atoms with E-state index in [1.807, 2.05) is 6.07 Å². The van der Waals surface area contributed by atoms with Crippen LogP contribution in [0.4, 0.5) is 11.4 Å². The monoisotopic (exact) mass is 420 g/mol. The maximum atomic E-state index is 13.3. The molecule has 2 aromatic carbocycles. The molecule has 0 aliphatic rings. The minimum Gasteiger partial charge on any atom is -0.399 e. The van der Waals surface area contributed by atoms with E-state index >= 15 is 0 Å². The van der Waals surface area contributed by atoms with E-state index in [4.69, 9.17) is 17.3 Å². The third kappa shape index (κ3) is 3.94. The molecule has 0 spiro atoms. The number of rotatable bonds is 5. The Labute approximate surface area is 166 Å². The number of nitrogens with two attached hydrogens (primary N) is 1. The Morgan fingerprint density at radius 3 is 2.74 bits per heavy atom. The number of anilines is 2. The van der Waals surface area contributed by atoms with Crippen LogP contribution in [0, 0.1) is 0 Å². The average molecular weight is 421 g/mol. The van der Waals surface area contributed by atoms with Gasteiger partial charge in [-0.15, -0.1) is 11.3 Å². The first-order chi connectivity index (χ1) is 12.7. The van der Waals surface area contributed by atoms with Crippen LogP contribution in [0.5, 0.6) is 0 Å². The van der Waals surface area contributed by atoms with Crippen molar-refractivity contribution in [1.29, 1.82) is 0 Å². The smallest absolute Gasteiger partial charge is 0.248 e. The molecular formula is C19H18ClN2O3PS. The molecule has 3 N–H and O–H groups in total. The Bertz CT molecular complexity index is 1080. The number of halogens is 1. The molecule has 0 saturated carbocycles. The van der Waals surface area contributed by atoms with Gasteiger partial charge in [0, 0.05) is 28.3 Å². The van der Waals surface area contributed by atoms with Gasteiger partial charge >= 0.3 is 0 Å². The molecule has 0 aliphatic carbocycles. The minimum atomic E-state index is -3.85. The molecule has 8 heteroatoms. The van der Waals surface area contributed by atoms with Gasteiger partial charge in [0.1, 0.15) is 5.66 Å². The molecule has 2 atom stereocenters. The van der Waals surface area contributed by atoms with E-state index in [-0.39, 0.29) is 0 Å². The maximum absolute atomic E-state index is 13.3. The SMILES string of the molecule is C=CN(C(=O)C(c1csc2ccc(Cl)cc12)P(C)(=O)O)c1cccc(N)c1. The van der Waals surface area contributed by atoms with Crippen molar-refractivity contribution in [3.8, 4) is 0 Å². The summed E-state index contributed by atoms with van der Waals surface area (Å²) in [5.41, 5.74) is 5.99. The topological polar surface area (TPSA) is 83.6 Å². The van der Waals surface area contributed by atoms with Crippen molar-refractivity contribution in [1.82, 2.24) is 0 Å². The van der Waals surface area contributed by atoms with Gasteiger partial charge in [-0.2, -0.15) is 0 Å². The van der Waals surface area contributed by atoms with Crippen molar-refractivity contribution < 1.29 is 14.3 Å². The molecule has 2 unspecified atom stereocenters. The van der Waals surface area contributed by atoms with E-state index < -0.39 is 18.9 Å². The second-order valence-corrected chi connectivity index (χ2v) is 9.91. The fraction of sp³-hybridized carbons (Fsp3) is 0.105. The van der Waals surface area contributed by atoms with E-state index in [9.17, 15) is 14.3 Å². The molecule has 0 radical (unpaired) electrons. The Balaban J connectivity index is 2.14. The van der Waals surface area contributed by atoms with E-state index in [1.165, 1.54) is 29.1 Å². The Morgan fingerprint density at radius 2 is 2.11 bits per heavy atom. The first-order valence-corrected chi connectivity index (χ1v) is 11.4. The first kappa shape index (κ1) is 19.6. The molecule has 0 saturated heterocycles. The molecule has 3 rings (SSSR count). The quantitative estimate of drug-likeness (QED) is 0.436. The van der Waals surface area contributed by atoms with Crippen molar-refractivity contribution in [2.75, 3.05) is 17.3 Å². The van der Waals surface area contributed by atoms with Crippen LogP contribution in [-0.2, 0) is 9.36 Å². The van der Waals surface area contributed by atoms with Crippen LogP contribution in [-0.4, -0.2) is 17.5 Å². The lowest BCUT2D eigenvalue weighted by atomic mass is 10.1. The Kier molecular flexibility index (Phi) is 5.45. The predicted octanol–water partition coefficient (Wildman–Crippen LogP) is 5.25. The molecule has 5 nitrogen and oxygen atoms in total. The van der Waals surface area contributed by atoms with Gasteiger partial charge in [-0.3, -0.25) is 14.3 Å². The third-order valence-corrected chi connectivity index (χ3v) is 6.82. The molecule has 1 amide bonds. The predicted molar refractivity (Wildman–Crippen MR) is 114 cm³/mol. The number of nitrogens with zero attached hydrogens (tertiary/aromatic N) is 1. The second kappa shape index (κ2) is 7.49. The number of amides is 1. The van der Waals surface area contributed by atoms with E-state index in [1.54, 1.807) is 41.8 Å². The lowest BCUT2D eigenvalue weighted by Gasteiger charge is -2.26. The molecule has 1 heterocycles. The molecule has 3 aromatic rings. The maximum Gasteiger partial charge on any atom is 0.248 e. The van der Waals surface area contributed by atoms with E-state index in [2.05, 4.69) is 6.58 Å². The summed E-state index contributed by atoms with van der Waals surface area (Å²) in [6.07, 6.45) is 1.32. The van der Waals surface area contributed by atoms with Gasteiger partial charge in [0.25, 0.3) is 0 Å². The number of thiophene rings is 1. The van der Waals surface area contributed by atoms with Crippen LogP contribution in [0.3, 0.4) is 0 Å². The van der Waals surface area contributed by atoms with Crippen LogP contribution in [0.15, 0.2) is 60.6 Å². The van der Waals surface area contributed by atoms with Crippen molar-refractivity contribution >= 4 is 57.7 Å². The summed E-state index contributed by atoms with van der Waals surface area (Å²) >= 11 is 7.49. The van der Waals surface area contributed by atoms with Gasteiger partial charge < -0.3 is 10.6 Å². The van der Waals surface area contributed by atoms with Gasteiger partial charge in [0.05, 0.1) is 5.69 Å². The van der Waals surface area contributed by atoms with Crippen LogP contribution in [0.1, 0.15) is 11.2 Å². The molecular weight excluding hydrogens is 403 g/mol. The van der Waals surface area contributed by atoms with Gasteiger partial charge in [-0.05, 0) is 52.7 Å². The normalized spacial score (nSPS) is 14.5. The number of carbonyl (C=O) groups excluding carboxylic acids is 1. The summed E-state index contributed by atoms with van der Waals surface area (Å²) < 4.78 is 13.6. The molecule has 27 heavy (non-hydrogen) atoms. The second-order valence-electron chi connectivity index (χ2n) is 6.16. The largest absolute Gasteiger partial charge is 0.399 e. The zero-order valence-corrected chi connectivity index (χ0v) is 17.0. The lowest BCUT2D eigenvalue weighted by molar-refractivity contribution is -0.117. The highest BCUT2D eigenvalue weighted by atomic mass is 35.5. The number of benzene rings is 2. The third-order valence-electron chi connectivity index (χ3n) is 4.14. The summed E-state index contributed by atoms with van der Waals surface area (Å²) in [7, 11) is -3.85. The summed E-state index contributed by atoms with van der Waals surface area (Å²) in [6, 6.07) is 12.0. The number of hydrogen-bond donors (Lipinski definition) is 2. The zero-order chi connectivity index (χ0) is 19.8. The van der Waals surface area contributed by atoms with Gasteiger partial charge in [0.15, 0.2) is 0 Å². The number of hydrogen-bond acceptors (Lipinski definition) is 4. The highest BCUT2D eigenvalue weighted by molar-refractivity contribution is 7.58. The van der Waals surface area contributed by atoms with Crippen molar-refractivity contribution in [2.45, 2.75) is 5.66 Å². The Morgan fingerprint density at radius 1 is 1.37 bits per heavy atom. The van der Waals surface area contributed by atoms with Gasteiger partial charge in [-0.25, -0.2) is 0 Å². The number of fused-ring (bicyclic) bond motifs is 1. The Hall–Kier alpha value is -2.11. The summed E-state index contributed by atoms with van der Waals surface area (Å²) in [5.74, 6) is -0.552. The molecule has 140 valence electrons. The van der Waals surface area contributed by atoms with Gasteiger partial charge in [0.2, 0.25) is 13.3 Å². The average Bonchev–Trinajstić information content (AvgIpc) is 2.97. The highest BCUT2D eigenvalue weighted by Crippen LogP contribution is 2.55. The van der Waals surface area contributed by atoms with E-state index in [0.717, 1.165) is 4.70 Å². The van der Waals surface area contributed by atoms with E-state index in [0.29, 0.717) is 27.3 Å². The fourth-order valence-corrected chi connectivity index (χ4v) is 5.46. The highest BCUT2D eigenvalue weighted by Gasteiger charge is 2.39. The summed E-state index contributed by atoms with van der Waals surface area (Å²) in [6.45, 7) is 4.87. The molecule has 0 fully saturated rings. The molecule has 0 aliphatic heterocycles.